The van der Waals surface area contributed by atoms with Gasteiger partial charge in [0.15, 0.2) is 0 Å². The summed E-state index contributed by atoms with van der Waals surface area (Å²) in [7, 11) is 1.33. The molecule has 17 heavy (non-hydrogen) atoms. The molecule has 1 aliphatic heterocycles. The molecule has 1 amide bonds. The lowest BCUT2D eigenvalue weighted by atomic mass is 10.1. The van der Waals surface area contributed by atoms with Gasteiger partial charge in [0.05, 0.1) is 30.6 Å². The molecule has 1 aromatic rings. The van der Waals surface area contributed by atoms with Crippen LogP contribution in [0.5, 0.6) is 0 Å². The van der Waals surface area contributed by atoms with E-state index in [-0.39, 0.29) is 12.5 Å². The number of esters is 1. The van der Waals surface area contributed by atoms with Crippen LogP contribution >= 0.6 is 0 Å². The standard InChI is InChI=1S/C12H14N2O3/c1-3-14-10(15)7-13-9-6-4-5-8(11(9)14)12(16)17-2/h4-6,13H,3,7H2,1-2H3. The molecule has 0 saturated carbocycles. The van der Waals surface area contributed by atoms with Crippen molar-refractivity contribution in [3.05, 3.63) is 23.8 Å². The largest absolute Gasteiger partial charge is 0.465 e. The van der Waals surface area contributed by atoms with E-state index in [1.165, 1.54) is 7.11 Å². The van der Waals surface area contributed by atoms with Gasteiger partial charge in [-0.3, -0.25) is 4.79 Å². The summed E-state index contributed by atoms with van der Waals surface area (Å²) >= 11 is 0. The molecule has 0 unspecified atom stereocenters. The van der Waals surface area contributed by atoms with Crippen LogP contribution in [0.25, 0.3) is 0 Å². The maximum absolute atomic E-state index is 11.8. The Morgan fingerprint density at radius 2 is 2.29 bits per heavy atom. The minimum Gasteiger partial charge on any atom is -0.465 e. The Labute approximate surface area is 99.4 Å². The fraction of sp³-hybridized carbons (Fsp3) is 0.333. The number of nitrogens with one attached hydrogen (secondary N) is 1. The molecule has 5 heteroatoms. The normalized spacial score (nSPS) is 14.0. The lowest BCUT2D eigenvalue weighted by molar-refractivity contribution is -0.117. The van der Waals surface area contributed by atoms with Gasteiger partial charge in [0.1, 0.15) is 0 Å². The molecule has 1 aliphatic rings. The molecule has 0 atom stereocenters. The van der Waals surface area contributed by atoms with E-state index in [2.05, 4.69) is 5.32 Å². The molecule has 0 aliphatic carbocycles. The molecule has 5 nitrogen and oxygen atoms in total. The first-order chi connectivity index (χ1) is 8.19. The number of fused-ring (bicyclic) bond motifs is 1. The second-order valence-corrected chi connectivity index (χ2v) is 3.68. The lowest BCUT2D eigenvalue weighted by Crippen LogP contribution is -2.40. The van der Waals surface area contributed by atoms with Gasteiger partial charge in [-0.25, -0.2) is 4.79 Å². The molecular weight excluding hydrogens is 220 g/mol. The number of anilines is 2. The first kappa shape index (κ1) is 11.4. The molecule has 0 fully saturated rings. The van der Waals surface area contributed by atoms with Gasteiger partial charge in [-0.1, -0.05) is 6.07 Å². The Balaban J connectivity index is 2.57. The van der Waals surface area contributed by atoms with E-state index in [1.54, 1.807) is 17.0 Å². The molecule has 0 spiro atoms. The van der Waals surface area contributed by atoms with E-state index in [1.807, 2.05) is 13.0 Å². The van der Waals surface area contributed by atoms with Gasteiger partial charge in [0.25, 0.3) is 0 Å². The van der Waals surface area contributed by atoms with Crippen molar-refractivity contribution in [3.8, 4) is 0 Å². The van der Waals surface area contributed by atoms with Crippen LogP contribution in [0, 0.1) is 0 Å². The summed E-state index contributed by atoms with van der Waals surface area (Å²) < 4.78 is 4.73. The SMILES string of the molecule is CCN1C(=O)CNc2cccc(C(=O)OC)c21. The molecule has 2 rings (SSSR count). The molecule has 1 aromatic carbocycles. The van der Waals surface area contributed by atoms with Crippen molar-refractivity contribution >= 4 is 23.3 Å². The Hall–Kier alpha value is -2.04. The number of amides is 1. The van der Waals surface area contributed by atoms with Crippen LogP contribution in [0.2, 0.25) is 0 Å². The number of nitrogens with zero attached hydrogens (tertiary/aromatic N) is 1. The van der Waals surface area contributed by atoms with E-state index >= 15 is 0 Å². The third-order valence-corrected chi connectivity index (χ3v) is 2.76. The molecule has 0 radical (unpaired) electrons. The maximum atomic E-state index is 11.8. The average Bonchev–Trinajstić information content (AvgIpc) is 2.37. The zero-order chi connectivity index (χ0) is 12.4. The number of likely N-dealkylation sites (N-methyl/N-ethyl adjacent to an activating group) is 1. The number of carbonyl (C=O) groups excluding carboxylic acids is 2. The van der Waals surface area contributed by atoms with Crippen molar-refractivity contribution < 1.29 is 14.3 Å². The zero-order valence-electron chi connectivity index (χ0n) is 9.82. The summed E-state index contributed by atoms with van der Waals surface area (Å²) in [5.74, 6) is -0.479. The van der Waals surface area contributed by atoms with Gasteiger partial charge in [0, 0.05) is 6.54 Å². The third kappa shape index (κ3) is 1.84. The highest BCUT2D eigenvalue weighted by molar-refractivity contribution is 6.09. The maximum Gasteiger partial charge on any atom is 0.340 e. The summed E-state index contributed by atoms with van der Waals surface area (Å²) in [6, 6.07) is 5.27. The molecule has 1 heterocycles. The molecule has 1 N–H and O–H groups in total. The zero-order valence-corrected chi connectivity index (χ0v) is 9.82. The summed E-state index contributed by atoms with van der Waals surface area (Å²) in [6.45, 7) is 2.66. The number of methoxy groups -OCH3 is 1. The predicted octanol–water partition coefficient (Wildman–Crippen LogP) is 1.25. The summed E-state index contributed by atoms with van der Waals surface area (Å²) in [5, 5.41) is 3.00. The van der Waals surface area contributed by atoms with Crippen LogP contribution in [-0.2, 0) is 9.53 Å². The highest BCUT2D eigenvalue weighted by atomic mass is 16.5. The number of hydrogen-bond donors (Lipinski definition) is 1. The minimum atomic E-state index is -0.434. The second-order valence-electron chi connectivity index (χ2n) is 3.68. The Bertz CT molecular complexity index is 471. The number of para-hydroxylation sites is 1. The molecule has 0 aromatic heterocycles. The first-order valence-corrected chi connectivity index (χ1v) is 5.44. The van der Waals surface area contributed by atoms with Crippen LogP contribution in [-0.4, -0.2) is 32.1 Å². The molecular formula is C12H14N2O3. The van der Waals surface area contributed by atoms with E-state index in [4.69, 9.17) is 4.74 Å². The topological polar surface area (TPSA) is 58.6 Å². The second kappa shape index (κ2) is 4.45. The van der Waals surface area contributed by atoms with Crippen LogP contribution < -0.4 is 10.2 Å². The lowest BCUT2D eigenvalue weighted by Gasteiger charge is -2.30. The smallest absolute Gasteiger partial charge is 0.340 e. The van der Waals surface area contributed by atoms with E-state index in [9.17, 15) is 9.59 Å². The Morgan fingerprint density at radius 3 is 2.94 bits per heavy atom. The van der Waals surface area contributed by atoms with Crippen molar-refractivity contribution in [3.63, 3.8) is 0 Å². The van der Waals surface area contributed by atoms with Crippen molar-refractivity contribution in [1.29, 1.82) is 0 Å². The Kier molecular flexibility index (Phi) is 2.99. The van der Waals surface area contributed by atoms with Crippen molar-refractivity contribution in [1.82, 2.24) is 0 Å². The average molecular weight is 234 g/mol. The fourth-order valence-corrected chi connectivity index (χ4v) is 1.98. The fourth-order valence-electron chi connectivity index (χ4n) is 1.98. The minimum absolute atomic E-state index is 0.0450. The summed E-state index contributed by atoms with van der Waals surface area (Å²) in [5.41, 5.74) is 1.81. The van der Waals surface area contributed by atoms with Gasteiger partial charge < -0.3 is 15.0 Å². The van der Waals surface area contributed by atoms with Crippen LogP contribution in [0.3, 0.4) is 0 Å². The Morgan fingerprint density at radius 1 is 1.53 bits per heavy atom. The van der Waals surface area contributed by atoms with E-state index in [0.717, 1.165) is 5.69 Å². The number of carbonyl (C=O) groups is 2. The van der Waals surface area contributed by atoms with Crippen molar-refractivity contribution in [2.24, 2.45) is 0 Å². The number of ether oxygens (including phenoxy) is 1. The highest BCUT2D eigenvalue weighted by Gasteiger charge is 2.27. The molecule has 0 saturated heterocycles. The number of rotatable bonds is 2. The molecule has 90 valence electrons. The van der Waals surface area contributed by atoms with E-state index < -0.39 is 5.97 Å². The van der Waals surface area contributed by atoms with Gasteiger partial charge in [-0.05, 0) is 19.1 Å². The van der Waals surface area contributed by atoms with Gasteiger partial charge in [-0.2, -0.15) is 0 Å². The quantitative estimate of drug-likeness (QED) is 0.782. The monoisotopic (exact) mass is 234 g/mol. The van der Waals surface area contributed by atoms with Crippen molar-refractivity contribution in [2.45, 2.75) is 6.92 Å². The first-order valence-electron chi connectivity index (χ1n) is 5.44. The van der Waals surface area contributed by atoms with Crippen LogP contribution in [0.4, 0.5) is 11.4 Å². The van der Waals surface area contributed by atoms with Gasteiger partial charge >= 0.3 is 5.97 Å². The summed E-state index contributed by atoms with van der Waals surface area (Å²) in [4.78, 5) is 25.0. The third-order valence-electron chi connectivity index (χ3n) is 2.76. The van der Waals surface area contributed by atoms with Crippen LogP contribution in [0.15, 0.2) is 18.2 Å². The predicted molar refractivity (Wildman–Crippen MR) is 64.3 cm³/mol. The van der Waals surface area contributed by atoms with Gasteiger partial charge in [0.2, 0.25) is 5.91 Å². The van der Waals surface area contributed by atoms with Crippen LogP contribution in [0.1, 0.15) is 17.3 Å². The van der Waals surface area contributed by atoms with Crippen molar-refractivity contribution in [2.75, 3.05) is 30.4 Å². The molecule has 0 bridgehead atoms. The summed E-state index contributed by atoms with van der Waals surface area (Å²) in [6.07, 6.45) is 0. The number of hydrogen-bond acceptors (Lipinski definition) is 4. The number of benzene rings is 1. The van der Waals surface area contributed by atoms with E-state index in [0.29, 0.717) is 17.8 Å². The van der Waals surface area contributed by atoms with Gasteiger partial charge in [-0.15, -0.1) is 0 Å². The highest BCUT2D eigenvalue weighted by Crippen LogP contribution is 2.33.